The standard InChI is InChI=1S/C23H32N2O3/c1-4-25(17-18-8-6-5-7-9-18)20-10-12-24(13-11-20)16-19-14-21(27-2)23(26)22(15-19)28-3/h5-9,14-15,20,26H,4,10-13,16-17H2,1-3H3. The van der Waals surface area contributed by atoms with Crippen LogP contribution in [0.4, 0.5) is 0 Å². The van der Waals surface area contributed by atoms with Crippen molar-refractivity contribution in [1.29, 1.82) is 0 Å². The van der Waals surface area contributed by atoms with E-state index in [0.29, 0.717) is 17.5 Å². The first-order valence-electron chi connectivity index (χ1n) is 10.1. The molecule has 2 aromatic rings. The highest BCUT2D eigenvalue weighted by atomic mass is 16.5. The minimum Gasteiger partial charge on any atom is -0.502 e. The molecular weight excluding hydrogens is 352 g/mol. The number of piperidine rings is 1. The van der Waals surface area contributed by atoms with Gasteiger partial charge in [-0.3, -0.25) is 9.80 Å². The van der Waals surface area contributed by atoms with Crippen LogP contribution in [0.2, 0.25) is 0 Å². The highest BCUT2D eigenvalue weighted by Crippen LogP contribution is 2.37. The second-order valence-corrected chi connectivity index (χ2v) is 7.40. The molecule has 1 N–H and O–H groups in total. The third-order valence-corrected chi connectivity index (χ3v) is 5.65. The first kappa shape index (κ1) is 20.5. The van der Waals surface area contributed by atoms with Crippen LogP contribution < -0.4 is 9.47 Å². The SMILES string of the molecule is CCN(Cc1ccccc1)C1CCN(Cc2cc(OC)c(O)c(OC)c2)CC1. The summed E-state index contributed by atoms with van der Waals surface area (Å²) in [7, 11) is 3.13. The monoisotopic (exact) mass is 384 g/mol. The zero-order chi connectivity index (χ0) is 19.9. The Balaban J connectivity index is 1.58. The van der Waals surface area contributed by atoms with Gasteiger partial charge in [0.1, 0.15) is 0 Å². The van der Waals surface area contributed by atoms with Crippen molar-refractivity contribution in [2.24, 2.45) is 0 Å². The molecule has 0 unspecified atom stereocenters. The largest absolute Gasteiger partial charge is 0.502 e. The molecule has 1 aliphatic heterocycles. The Bertz CT molecular complexity index is 718. The van der Waals surface area contributed by atoms with E-state index in [0.717, 1.165) is 38.3 Å². The number of benzene rings is 2. The molecule has 0 radical (unpaired) electrons. The van der Waals surface area contributed by atoms with Crippen LogP contribution in [0.5, 0.6) is 17.2 Å². The number of phenols is 1. The third-order valence-electron chi connectivity index (χ3n) is 5.65. The molecule has 0 amide bonds. The van der Waals surface area contributed by atoms with Crippen LogP contribution in [0.1, 0.15) is 30.9 Å². The second kappa shape index (κ2) is 9.80. The summed E-state index contributed by atoms with van der Waals surface area (Å²) in [6.07, 6.45) is 2.35. The Morgan fingerprint density at radius 3 is 2.14 bits per heavy atom. The van der Waals surface area contributed by atoms with E-state index in [4.69, 9.17) is 9.47 Å². The van der Waals surface area contributed by atoms with Gasteiger partial charge in [-0.2, -0.15) is 0 Å². The number of ether oxygens (including phenoxy) is 2. The van der Waals surface area contributed by atoms with Crippen molar-refractivity contribution in [1.82, 2.24) is 9.80 Å². The van der Waals surface area contributed by atoms with Crippen LogP contribution >= 0.6 is 0 Å². The van der Waals surface area contributed by atoms with Gasteiger partial charge in [0.15, 0.2) is 11.5 Å². The Hall–Kier alpha value is -2.24. The quantitative estimate of drug-likeness (QED) is 0.748. The fourth-order valence-electron chi connectivity index (χ4n) is 4.06. The molecule has 0 aliphatic carbocycles. The molecule has 3 rings (SSSR count). The van der Waals surface area contributed by atoms with Gasteiger partial charge in [-0.15, -0.1) is 0 Å². The predicted molar refractivity (Wildman–Crippen MR) is 112 cm³/mol. The number of rotatable bonds is 8. The molecule has 1 saturated heterocycles. The van der Waals surface area contributed by atoms with Crippen molar-refractivity contribution in [3.63, 3.8) is 0 Å². The molecule has 152 valence electrons. The number of methoxy groups -OCH3 is 2. The van der Waals surface area contributed by atoms with Gasteiger partial charge in [-0.25, -0.2) is 0 Å². The zero-order valence-corrected chi connectivity index (χ0v) is 17.2. The molecule has 1 fully saturated rings. The van der Waals surface area contributed by atoms with Crippen molar-refractivity contribution >= 4 is 0 Å². The van der Waals surface area contributed by atoms with Gasteiger partial charge in [0, 0.05) is 19.1 Å². The summed E-state index contributed by atoms with van der Waals surface area (Å²) >= 11 is 0. The lowest BCUT2D eigenvalue weighted by Crippen LogP contribution is -2.44. The van der Waals surface area contributed by atoms with Crippen molar-refractivity contribution in [2.45, 2.75) is 38.9 Å². The molecule has 0 spiro atoms. The van der Waals surface area contributed by atoms with Crippen LogP contribution in [-0.2, 0) is 13.1 Å². The average molecular weight is 385 g/mol. The first-order valence-corrected chi connectivity index (χ1v) is 10.1. The molecular formula is C23H32N2O3. The molecule has 1 heterocycles. The van der Waals surface area contributed by atoms with E-state index in [2.05, 4.69) is 47.1 Å². The van der Waals surface area contributed by atoms with Crippen LogP contribution in [0.15, 0.2) is 42.5 Å². The van der Waals surface area contributed by atoms with Gasteiger partial charge in [0.05, 0.1) is 14.2 Å². The van der Waals surface area contributed by atoms with Crippen molar-refractivity contribution in [3.05, 3.63) is 53.6 Å². The maximum Gasteiger partial charge on any atom is 0.200 e. The van der Waals surface area contributed by atoms with Gasteiger partial charge in [-0.05, 0) is 55.7 Å². The van der Waals surface area contributed by atoms with Crippen molar-refractivity contribution < 1.29 is 14.6 Å². The zero-order valence-electron chi connectivity index (χ0n) is 17.2. The van der Waals surface area contributed by atoms with Crippen LogP contribution in [-0.4, -0.2) is 54.8 Å². The first-order chi connectivity index (χ1) is 13.6. The Morgan fingerprint density at radius 2 is 1.61 bits per heavy atom. The van der Waals surface area contributed by atoms with Gasteiger partial charge >= 0.3 is 0 Å². The predicted octanol–water partition coefficient (Wildman–Crippen LogP) is 3.90. The minimum absolute atomic E-state index is 0.0620. The highest BCUT2D eigenvalue weighted by molar-refractivity contribution is 5.52. The smallest absolute Gasteiger partial charge is 0.200 e. The van der Waals surface area contributed by atoms with Gasteiger partial charge in [-0.1, -0.05) is 37.3 Å². The minimum atomic E-state index is 0.0620. The van der Waals surface area contributed by atoms with Crippen LogP contribution in [0.3, 0.4) is 0 Å². The van der Waals surface area contributed by atoms with E-state index < -0.39 is 0 Å². The van der Waals surface area contributed by atoms with E-state index in [1.807, 2.05) is 12.1 Å². The highest BCUT2D eigenvalue weighted by Gasteiger charge is 2.24. The molecule has 0 saturated carbocycles. The Kier molecular flexibility index (Phi) is 7.18. The summed E-state index contributed by atoms with van der Waals surface area (Å²) in [5.74, 6) is 0.987. The number of nitrogens with zero attached hydrogens (tertiary/aromatic N) is 2. The second-order valence-electron chi connectivity index (χ2n) is 7.40. The number of phenolic OH excluding ortho intramolecular Hbond substituents is 1. The van der Waals surface area contributed by atoms with E-state index in [9.17, 15) is 5.11 Å². The number of aromatic hydroxyl groups is 1. The molecule has 2 aromatic carbocycles. The van der Waals surface area contributed by atoms with Gasteiger partial charge in [0.25, 0.3) is 0 Å². The number of hydrogen-bond donors (Lipinski definition) is 1. The molecule has 5 nitrogen and oxygen atoms in total. The molecule has 0 atom stereocenters. The lowest BCUT2D eigenvalue weighted by molar-refractivity contribution is 0.103. The maximum atomic E-state index is 10.1. The normalized spacial score (nSPS) is 15.7. The van der Waals surface area contributed by atoms with E-state index in [1.54, 1.807) is 14.2 Å². The summed E-state index contributed by atoms with van der Waals surface area (Å²) in [5, 5.41) is 10.1. The van der Waals surface area contributed by atoms with E-state index in [-0.39, 0.29) is 5.75 Å². The Labute approximate surface area is 168 Å². The van der Waals surface area contributed by atoms with Crippen molar-refractivity contribution in [3.8, 4) is 17.2 Å². The molecule has 1 aliphatic rings. The summed E-state index contributed by atoms with van der Waals surface area (Å²) < 4.78 is 10.6. The third kappa shape index (κ3) is 4.97. The summed E-state index contributed by atoms with van der Waals surface area (Å²) in [6.45, 7) is 7.33. The fourth-order valence-corrected chi connectivity index (χ4v) is 4.06. The lowest BCUT2D eigenvalue weighted by Gasteiger charge is -2.38. The number of hydrogen-bond acceptors (Lipinski definition) is 5. The number of likely N-dealkylation sites (tertiary alicyclic amines) is 1. The van der Waals surface area contributed by atoms with Crippen LogP contribution in [0, 0.1) is 0 Å². The molecule has 0 bridgehead atoms. The molecule has 0 aromatic heterocycles. The van der Waals surface area contributed by atoms with Gasteiger partial charge < -0.3 is 14.6 Å². The van der Waals surface area contributed by atoms with E-state index in [1.165, 1.54) is 18.4 Å². The van der Waals surface area contributed by atoms with Crippen LogP contribution in [0.25, 0.3) is 0 Å². The molecule has 28 heavy (non-hydrogen) atoms. The van der Waals surface area contributed by atoms with Gasteiger partial charge in [0.2, 0.25) is 5.75 Å². The van der Waals surface area contributed by atoms with E-state index >= 15 is 0 Å². The Morgan fingerprint density at radius 1 is 1.00 bits per heavy atom. The topological polar surface area (TPSA) is 45.2 Å². The maximum absolute atomic E-state index is 10.1. The fraction of sp³-hybridized carbons (Fsp3) is 0.478. The summed E-state index contributed by atoms with van der Waals surface area (Å²) in [6, 6.07) is 15.2. The molecule has 5 heteroatoms. The lowest BCUT2D eigenvalue weighted by atomic mass is 10.0. The summed E-state index contributed by atoms with van der Waals surface area (Å²) in [4.78, 5) is 5.07. The average Bonchev–Trinajstić information content (AvgIpc) is 2.74. The summed E-state index contributed by atoms with van der Waals surface area (Å²) in [5.41, 5.74) is 2.48. The van der Waals surface area contributed by atoms with Crippen molar-refractivity contribution in [2.75, 3.05) is 33.9 Å².